The maximum absolute atomic E-state index is 12.6. The highest BCUT2D eigenvalue weighted by Gasteiger charge is 2.17. The van der Waals surface area contributed by atoms with E-state index in [-0.39, 0.29) is 12.5 Å². The van der Waals surface area contributed by atoms with Gasteiger partial charge in [-0.2, -0.15) is 4.98 Å². The van der Waals surface area contributed by atoms with E-state index in [1.807, 2.05) is 32.0 Å². The van der Waals surface area contributed by atoms with Crippen LogP contribution < -0.4 is 0 Å². The summed E-state index contributed by atoms with van der Waals surface area (Å²) in [6.45, 7) is 3.66. The molecule has 3 heterocycles. The number of rotatable bonds is 7. The molecule has 0 atom stereocenters. The van der Waals surface area contributed by atoms with Crippen LogP contribution in [0.5, 0.6) is 0 Å². The molecule has 0 N–H and O–H groups in total. The lowest BCUT2D eigenvalue weighted by atomic mass is 10.2. The van der Waals surface area contributed by atoms with Crippen molar-refractivity contribution < 1.29 is 18.6 Å². The molecule has 3 aromatic heterocycles. The lowest BCUT2D eigenvalue weighted by Crippen LogP contribution is -2.07. The number of nitrogens with zero attached hydrogens (tertiary/aromatic N) is 4. The number of hydrogen-bond acceptors (Lipinski definition) is 9. The van der Waals surface area contributed by atoms with Crippen LogP contribution >= 0.6 is 11.8 Å². The quantitative estimate of drug-likeness (QED) is 0.317. The molecule has 0 radical (unpaired) electrons. The van der Waals surface area contributed by atoms with E-state index in [1.165, 1.54) is 11.8 Å². The zero-order valence-corrected chi connectivity index (χ0v) is 17.2. The molecule has 1 aromatic carbocycles. The maximum atomic E-state index is 12.6. The third kappa shape index (κ3) is 4.41. The summed E-state index contributed by atoms with van der Waals surface area (Å²) in [6.07, 6.45) is 3.29. The fourth-order valence-electron chi connectivity index (χ4n) is 2.75. The van der Waals surface area contributed by atoms with Crippen LogP contribution in [0.4, 0.5) is 0 Å². The standard InChI is InChI=1S/C21H18N4O4S/c1-13-17(14(2)28-24-13)12-30-18-8-4-3-7-16(18)21(26)27-11-19-23-20(25-29-19)15-6-5-9-22-10-15/h3-10H,11-12H2,1-2H3. The van der Waals surface area contributed by atoms with Crippen molar-refractivity contribution in [3.05, 3.63) is 77.3 Å². The third-order valence-electron chi connectivity index (χ3n) is 4.37. The molecular weight excluding hydrogens is 404 g/mol. The summed E-state index contributed by atoms with van der Waals surface area (Å²) in [5.41, 5.74) is 3.07. The first-order chi connectivity index (χ1) is 14.6. The molecule has 0 unspecified atom stereocenters. The average Bonchev–Trinajstić information content (AvgIpc) is 3.38. The van der Waals surface area contributed by atoms with Gasteiger partial charge in [-0.25, -0.2) is 4.79 Å². The third-order valence-corrected chi connectivity index (χ3v) is 5.47. The Hall–Kier alpha value is -3.46. The molecule has 30 heavy (non-hydrogen) atoms. The van der Waals surface area contributed by atoms with Crippen molar-refractivity contribution in [1.29, 1.82) is 0 Å². The smallest absolute Gasteiger partial charge is 0.339 e. The monoisotopic (exact) mass is 422 g/mol. The minimum absolute atomic E-state index is 0.116. The van der Waals surface area contributed by atoms with E-state index in [2.05, 4.69) is 20.3 Å². The average molecular weight is 422 g/mol. The van der Waals surface area contributed by atoms with Crippen molar-refractivity contribution in [1.82, 2.24) is 20.3 Å². The Morgan fingerprint density at radius 1 is 1.10 bits per heavy atom. The lowest BCUT2D eigenvalue weighted by molar-refractivity contribution is 0.0425. The largest absolute Gasteiger partial charge is 0.452 e. The molecule has 0 spiro atoms. The van der Waals surface area contributed by atoms with Crippen LogP contribution in [-0.4, -0.2) is 26.3 Å². The fourth-order valence-corrected chi connectivity index (χ4v) is 3.94. The van der Waals surface area contributed by atoms with Crippen LogP contribution in [0.3, 0.4) is 0 Å². The van der Waals surface area contributed by atoms with Gasteiger partial charge in [0, 0.05) is 34.2 Å². The summed E-state index contributed by atoms with van der Waals surface area (Å²) in [7, 11) is 0. The molecule has 9 heteroatoms. The topological polar surface area (TPSA) is 104 Å². The number of ether oxygens (including phenoxy) is 1. The molecule has 0 aliphatic carbocycles. The van der Waals surface area contributed by atoms with Gasteiger partial charge >= 0.3 is 5.97 Å². The first-order valence-corrected chi connectivity index (χ1v) is 10.1. The van der Waals surface area contributed by atoms with Crippen molar-refractivity contribution in [2.45, 2.75) is 31.1 Å². The second-order valence-electron chi connectivity index (χ2n) is 6.42. The molecule has 0 saturated carbocycles. The molecule has 0 bridgehead atoms. The van der Waals surface area contributed by atoms with E-state index in [9.17, 15) is 4.79 Å². The molecule has 0 saturated heterocycles. The number of pyridine rings is 1. The van der Waals surface area contributed by atoms with Crippen molar-refractivity contribution in [3.8, 4) is 11.4 Å². The van der Waals surface area contributed by atoms with Gasteiger partial charge < -0.3 is 13.8 Å². The van der Waals surface area contributed by atoms with Gasteiger partial charge in [-0.1, -0.05) is 22.4 Å². The number of aryl methyl sites for hydroxylation is 2. The van der Waals surface area contributed by atoms with Gasteiger partial charge in [0.1, 0.15) is 5.76 Å². The SMILES string of the molecule is Cc1noc(C)c1CSc1ccccc1C(=O)OCc1nc(-c2cccnc2)no1. The van der Waals surface area contributed by atoms with Gasteiger partial charge in [-0.05, 0) is 38.1 Å². The van der Waals surface area contributed by atoms with Gasteiger partial charge in [0.15, 0.2) is 6.61 Å². The van der Waals surface area contributed by atoms with Gasteiger partial charge in [0.2, 0.25) is 5.82 Å². The Balaban J connectivity index is 1.41. The predicted molar refractivity (Wildman–Crippen MR) is 109 cm³/mol. The number of hydrogen-bond donors (Lipinski definition) is 0. The van der Waals surface area contributed by atoms with Gasteiger partial charge in [-0.3, -0.25) is 4.98 Å². The van der Waals surface area contributed by atoms with Crippen LogP contribution in [0.2, 0.25) is 0 Å². The zero-order chi connectivity index (χ0) is 20.9. The van der Waals surface area contributed by atoms with Crippen molar-refractivity contribution in [2.75, 3.05) is 0 Å². The number of esters is 1. The molecule has 4 rings (SSSR count). The highest BCUT2D eigenvalue weighted by Crippen LogP contribution is 2.29. The predicted octanol–water partition coefficient (Wildman–Crippen LogP) is 4.39. The summed E-state index contributed by atoms with van der Waals surface area (Å²) in [5, 5.41) is 7.86. The van der Waals surface area contributed by atoms with Gasteiger partial charge in [0.25, 0.3) is 5.89 Å². The van der Waals surface area contributed by atoms with E-state index >= 15 is 0 Å². The maximum Gasteiger partial charge on any atom is 0.339 e. The normalized spacial score (nSPS) is 10.9. The van der Waals surface area contributed by atoms with E-state index < -0.39 is 5.97 Å². The number of aromatic nitrogens is 4. The summed E-state index contributed by atoms with van der Waals surface area (Å²) < 4.78 is 15.8. The fraction of sp³-hybridized carbons (Fsp3) is 0.190. The van der Waals surface area contributed by atoms with Crippen LogP contribution in [0.25, 0.3) is 11.4 Å². The molecule has 8 nitrogen and oxygen atoms in total. The van der Waals surface area contributed by atoms with Gasteiger partial charge in [-0.15, -0.1) is 11.8 Å². The Labute approximate surface area is 176 Å². The summed E-state index contributed by atoms with van der Waals surface area (Å²) >= 11 is 1.53. The lowest BCUT2D eigenvalue weighted by Gasteiger charge is -2.08. The molecule has 152 valence electrons. The van der Waals surface area contributed by atoms with Crippen molar-refractivity contribution in [2.24, 2.45) is 0 Å². The number of carbonyl (C=O) groups is 1. The number of thioether (sulfide) groups is 1. The minimum Gasteiger partial charge on any atom is -0.452 e. The van der Waals surface area contributed by atoms with E-state index in [1.54, 1.807) is 30.6 Å². The number of carbonyl (C=O) groups excluding carboxylic acids is 1. The minimum atomic E-state index is -0.460. The Bertz CT molecular complexity index is 1140. The summed E-state index contributed by atoms with van der Waals surface area (Å²) in [6, 6.07) is 10.9. The highest BCUT2D eigenvalue weighted by atomic mass is 32.2. The Morgan fingerprint density at radius 2 is 1.97 bits per heavy atom. The van der Waals surface area contributed by atoms with Crippen molar-refractivity contribution in [3.63, 3.8) is 0 Å². The first kappa shape index (κ1) is 19.8. The van der Waals surface area contributed by atoms with Gasteiger partial charge in [0.05, 0.1) is 11.3 Å². The second kappa shape index (κ2) is 8.91. The van der Waals surface area contributed by atoms with E-state index in [0.29, 0.717) is 17.1 Å². The van der Waals surface area contributed by atoms with Crippen LogP contribution in [0.15, 0.2) is 62.7 Å². The number of benzene rings is 1. The van der Waals surface area contributed by atoms with Crippen LogP contribution in [-0.2, 0) is 17.1 Å². The van der Waals surface area contributed by atoms with Crippen LogP contribution in [0, 0.1) is 13.8 Å². The molecule has 0 fully saturated rings. The Morgan fingerprint density at radius 3 is 2.73 bits per heavy atom. The molecule has 0 aliphatic heterocycles. The Kier molecular flexibility index (Phi) is 5.89. The highest BCUT2D eigenvalue weighted by molar-refractivity contribution is 7.98. The van der Waals surface area contributed by atoms with E-state index in [4.69, 9.17) is 13.8 Å². The summed E-state index contributed by atoms with van der Waals surface area (Å²) in [5.74, 6) is 1.57. The molecule has 0 aliphatic rings. The van der Waals surface area contributed by atoms with E-state index in [0.717, 1.165) is 27.5 Å². The zero-order valence-electron chi connectivity index (χ0n) is 16.4. The molecule has 4 aromatic rings. The molecular formula is C21H18N4O4S. The van der Waals surface area contributed by atoms with Crippen LogP contribution in [0.1, 0.15) is 33.3 Å². The second-order valence-corrected chi connectivity index (χ2v) is 7.43. The van der Waals surface area contributed by atoms with Crippen molar-refractivity contribution >= 4 is 17.7 Å². The molecule has 0 amide bonds. The first-order valence-electron chi connectivity index (χ1n) is 9.15. The summed E-state index contributed by atoms with van der Waals surface area (Å²) in [4.78, 5) is 21.7.